The van der Waals surface area contributed by atoms with E-state index in [-0.39, 0.29) is 11.9 Å². The third-order valence-corrected chi connectivity index (χ3v) is 4.63. The van der Waals surface area contributed by atoms with Gasteiger partial charge in [0.05, 0.1) is 13.2 Å². The van der Waals surface area contributed by atoms with Crippen molar-refractivity contribution >= 4 is 5.91 Å². The molecule has 0 saturated heterocycles. The van der Waals surface area contributed by atoms with Crippen LogP contribution in [0.25, 0.3) is 0 Å². The summed E-state index contributed by atoms with van der Waals surface area (Å²) < 4.78 is 5.24. The van der Waals surface area contributed by atoms with Crippen LogP contribution in [-0.4, -0.2) is 13.0 Å². The van der Waals surface area contributed by atoms with Gasteiger partial charge in [0.1, 0.15) is 5.75 Å². The molecule has 0 saturated carbocycles. The fraction of sp³-hybridized carbons (Fsp3) is 0.350. The van der Waals surface area contributed by atoms with Crippen molar-refractivity contribution in [3.63, 3.8) is 0 Å². The fourth-order valence-electron chi connectivity index (χ4n) is 3.24. The van der Waals surface area contributed by atoms with Crippen molar-refractivity contribution in [3.05, 3.63) is 64.2 Å². The second-order valence-corrected chi connectivity index (χ2v) is 6.26. The number of rotatable bonds is 4. The second-order valence-electron chi connectivity index (χ2n) is 6.26. The molecule has 0 spiro atoms. The van der Waals surface area contributed by atoms with E-state index in [9.17, 15) is 4.79 Å². The van der Waals surface area contributed by atoms with Gasteiger partial charge in [-0.05, 0) is 73.6 Å². The van der Waals surface area contributed by atoms with Gasteiger partial charge in [-0.3, -0.25) is 4.79 Å². The lowest BCUT2D eigenvalue weighted by Crippen LogP contribution is -2.26. The van der Waals surface area contributed by atoms with Crippen LogP contribution >= 0.6 is 0 Å². The fourth-order valence-corrected chi connectivity index (χ4v) is 3.24. The standard InChI is InChI=1S/C20H23NO2/c1-13-11-18(9-10-19(13)23-3)20(22)21-14(2)16-8-7-15-5-4-6-17(15)12-16/h7-12,14H,4-6H2,1-3H3,(H,21,22). The Hall–Kier alpha value is -2.29. The molecular formula is C20H23NO2. The average Bonchev–Trinajstić information content (AvgIpc) is 3.02. The highest BCUT2D eigenvalue weighted by molar-refractivity contribution is 5.94. The molecular weight excluding hydrogens is 286 g/mol. The van der Waals surface area contributed by atoms with Gasteiger partial charge in [-0.1, -0.05) is 18.2 Å². The van der Waals surface area contributed by atoms with Crippen molar-refractivity contribution in [2.45, 2.75) is 39.2 Å². The first-order valence-electron chi connectivity index (χ1n) is 8.15. The lowest BCUT2D eigenvalue weighted by Gasteiger charge is -2.16. The van der Waals surface area contributed by atoms with Gasteiger partial charge in [0.25, 0.3) is 5.91 Å². The van der Waals surface area contributed by atoms with Crippen molar-refractivity contribution in [2.24, 2.45) is 0 Å². The van der Waals surface area contributed by atoms with E-state index in [2.05, 4.69) is 23.5 Å². The Morgan fingerprint density at radius 3 is 2.65 bits per heavy atom. The van der Waals surface area contributed by atoms with E-state index in [1.165, 1.54) is 29.5 Å². The molecule has 0 radical (unpaired) electrons. The van der Waals surface area contributed by atoms with Crippen LogP contribution in [0.1, 0.15) is 52.0 Å². The van der Waals surface area contributed by atoms with Gasteiger partial charge in [0.15, 0.2) is 0 Å². The van der Waals surface area contributed by atoms with E-state index in [1.807, 2.05) is 26.0 Å². The lowest BCUT2D eigenvalue weighted by atomic mass is 10.0. The van der Waals surface area contributed by atoms with E-state index >= 15 is 0 Å². The number of aryl methyl sites for hydroxylation is 3. The largest absolute Gasteiger partial charge is 0.496 e. The van der Waals surface area contributed by atoms with Gasteiger partial charge in [-0.15, -0.1) is 0 Å². The topological polar surface area (TPSA) is 38.3 Å². The smallest absolute Gasteiger partial charge is 0.251 e. The first-order valence-corrected chi connectivity index (χ1v) is 8.15. The summed E-state index contributed by atoms with van der Waals surface area (Å²) in [5.41, 5.74) is 5.69. The number of amides is 1. The predicted octanol–water partition coefficient (Wildman–Crippen LogP) is 3.98. The molecule has 3 rings (SSSR count). The number of methoxy groups -OCH3 is 1. The molecule has 0 aromatic heterocycles. The van der Waals surface area contributed by atoms with Crippen molar-refractivity contribution in [2.75, 3.05) is 7.11 Å². The molecule has 0 aliphatic heterocycles. The summed E-state index contributed by atoms with van der Waals surface area (Å²) in [4.78, 5) is 12.5. The Bertz CT molecular complexity index is 736. The van der Waals surface area contributed by atoms with Crippen molar-refractivity contribution in [1.82, 2.24) is 5.32 Å². The van der Waals surface area contributed by atoms with Crippen LogP contribution in [0.3, 0.4) is 0 Å². The summed E-state index contributed by atoms with van der Waals surface area (Å²) in [6, 6.07) is 12.1. The van der Waals surface area contributed by atoms with Crippen LogP contribution in [0.5, 0.6) is 5.75 Å². The second kappa shape index (κ2) is 6.45. The van der Waals surface area contributed by atoms with Gasteiger partial charge in [0.2, 0.25) is 0 Å². The van der Waals surface area contributed by atoms with Crippen LogP contribution < -0.4 is 10.1 Å². The van der Waals surface area contributed by atoms with Gasteiger partial charge in [0, 0.05) is 5.56 Å². The average molecular weight is 309 g/mol. The SMILES string of the molecule is COc1ccc(C(=O)NC(C)c2ccc3c(c2)CCC3)cc1C. The van der Waals surface area contributed by atoms with Gasteiger partial charge < -0.3 is 10.1 Å². The molecule has 3 nitrogen and oxygen atoms in total. The third kappa shape index (κ3) is 3.24. The number of hydrogen-bond donors (Lipinski definition) is 1. The van der Waals surface area contributed by atoms with Crippen LogP contribution in [0.4, 0.5) is 0 Å². The number of benzene rings is 2. The minimum absolute atomic E-state index is 0.00388. The van der Waals surface area contributed by atoms with Crippen LogP contribution in [0.2, 0.25) is 0 Å². The molecule has 120 valence electrons. The molecule has 0 bridgehead atoms. The van der Waals surface area contributed by atoms with Gasteiger partial charge >= 0.3 is 0 Å². The molecule has 23 heavy (non-hydrogen) atoms. The Balaban J connectivity index is 1.73. The number of ether oxygens (including phenoxy) is 1. The number of hydrogen-bond acceptors (Lipinski definition) is 2. The van der Waals surface area contributed by atoms with Gasteiger partial charge in [-0.2, -0.15) is 0 Å². The highest BCUT2D eigenvalue weighted by Gasteiger charge is 2.16. The number of carbonyl (C=O) groups is 1. The summed E-state index contributed by atoms with van der Waals surface area (Å²) in [5, 5.41) is 3.09. The highest BCUT2D eigenvalue weighted by atomic mass is 16.5. The van der Waals surface area contributed by atoms with E-state index in [0.29, 0.717) is 5.56 Å². The van der Waals surface area contributed by atoms with E-state index in [4.69, 9.17) is 4.74 Å². The van der Waals surface area contributed by atoms with Crippen LogP contribution in [0, 0.1) is 6.92 Å². The Kier molecular flexibility index (Phi) is 4.37. The lowest BCUT2D eigenvalue weighted by molar-refractivity contribution is 0.0939. The first-order chi connectivity index (χ1) is 11.1. The zero-order valence-electron chi connectivity index (χ0n) is 14.0. The maximum absolute atomic E-state index is 12.5. The quantitative estimate of drug-likeness (QED) is 0.927. The summed E-state index contributed by atoms with van der Waals surface area (Å²) in [6.07, 6.45) is 3.58. The van der Waals surface area contributed by atoms with E-state index in [1.54, 1.807) is 13.2 Å². The molecule has 2 aromatic carbocycles. The molecule has 1 N–H and O–H groups in total. The molecule has 1 aliphatic rings. The van der Waals surface area contributed by atoms with Crippen LogP contribution in [-0.2, 0) is 12.8 Å². The maximum atomic E-state index is 12.5. The number of carbonyl (C=O) groups excluding carboxylic acids is 1. The van der Waals surface area contributed by atoms with Crippen molar-refractivity contribution < 1.29 is 9.53 Å². The first kappa shape index (κ1) is 15.6. The van der Waals surface area contributed by atoms with Crippen LogP contribution in [0.15, 0.2) is 36.4 Å². The number of fused-ring (bicyclic) bond motifs is 1. The minimum atomic E-state index is -0.0521. The molecule has 0 heterocycles. The van der Waals surface area contributed by atoms with E-state index < -0.39 is 0 Å². The summed E-state index contributed by atoms with van der Waals surface area (Å²) >= 11 is 0. The van der Waals surface area contributed by atoms with Crippen molar-refractivity contribution in [1.29, 1.82) is 0 Å². The Labute approximate surface area is 137 Å². The molecule has 3 heteroatoms. The summed E-state index contributed by atoms with van der Waals surface area (Å²) in [6.45, 7) is 3.98. The molecule has 2 aromatic rings. The highest BCUT2D eigenvalue weighted by Crippen LogP contribution is 2.25. The summed E-state index contributed by atoms with van der Waals surface area (Å²) in [7, 11) is 1.64. The molecule has 1 aliphatic carbocycles. The number of nitrogens with one attached hydrogen (secondary N) is 1. The molecule has 1 amide bonds. The zero-order chi connectivity index (χ0) is 16.4. The van der Waals surface area contributed by atoms with Gasteiger partial charge in [-0.25, -0.2) is 0 Å². The monoisotopic (exact) mass is 309 g/mol. The molecule has 0 fully saturated rings. The molecule has 1 unspecified atom stereocenters. The summed E-state index contributed by atoms with van der Waals surface area (Å²) in [5.74, 6) is 0.747. The zero-order valence-corrected chi connectivity index (χ0v) is 14.0. The maximum Gasteiger partial charge on any atom is 0.251 e. The Morgan fingerprint density at radius 2 is 1.91 bits per heavy atom. The third-order valence-electron chi connectivity index (χ3n) is 4.63. The predicted molar refractivity (Wildman–Crippen MR) is 92.1 cm³/mol. The van der Waals surface area contributed by atoms with Crippen molar-refractivity contribution in [3.8, 4) is 5.75 Å². The molecule has 1 atom stereocenters. The Morgan fingerprint density at radius 1 is 1.13 bits per heavy atom. The minimum Gasteiger partial charge on any atom is -0.496 e. The normalized spacial score (nSPS) is 14.2. The van der Waals surface area contributed by atoms with E-state index in [0.717, 1.165) is 17.7 Å².